The predicted octanol–water partition coefficient (Wildman–Crippen LogP) is 4.92. The number of carbonyl (C=O) groups is 3. The first kappa shape index (κ1) is 18.4. The lowest BCUT2D eigenvalue weighted by molar-refractivity contribution is 0.0925. The molecule has 30 heavy (non-hydrogen) atoms. The molecule has 0 fully saturated rings. The third-order valence-corrected chi connectivity index (χ3v) is 6.51. The Hall–Kier alpha value is -3.62. The molecule has 3 amide bonds. The molecule has 1 aliphatic heterocycles. The maximum Gasteiger partial charge on any atom is 0.275 e. The van der Waals surface area contributed by atoms with E-state index in [1.165, 1.54) is 11.3 Å². The number of thiophene rings is 1. The minimum atomic E-state index is -0.376. The Labute approximate surface area is 179 Å². The standard InChI is InChI=1S/C22H13N3O3S2/c26-19(17-12-30-20(24-17)18-9-4-10-29-18)23-13-5-3-6-14(11-13)25-21(27)15-7-1-2-8-16(15)22(25)28/h1-12H,(H,23,26). The van der Waals surface area contributed by atoms with Gasteiger partial charge >= 0.3 is 0 Å². The van der Waals surface area contributed by atoms with Crippen molar-refractivity contribution in [2.75, 3.05) is 10.2 Å². The van der Waals surface area contributed by atoms with Gasteiger partial charge in [0, 0.05) is 11.1 Å². The molecule has 146 valence electrons. The molecule has 0 bridgehead atoms. The minimum Gasteiger partial charge on any atom is -0.321 e. The second kappa shape index (κ2) is 7.33. The molecule has 4 aromatic rings. The second-order valence-corrected chi connectivity index (χ2v) is 8.32. The number of thiazole rings is 1. The third kappa shape index (κ3) is 3.12. The van der Waals surface area contributed by atoms with Crippen LogP contribution in [-0.4, -0.2) is 22.7 Å². The molecule has 0 unspecified atom stereocenters. The number of imide groups is 1. The van der Waals surface area contributed by atoms with Crippen molar-refractivity contribution in [3.8, 4) is 9.88 Å². The van der Waals surface area contributed by atoms with E-state index >= 15 is 0 Å². The van der Waals surface area contributed by atoms with Crippen LogP contribution in [0.2, 0.25) is 0 Å². The van der Waals surface area contributed by atoms with Crippen LogP contribution in [-0.2, 0) is 0 Å². The summed E-state index contributed by atoms with van der Waals surface area (Å²) in [6.45, 7) is 0. The van der Waals surface area contributed by atoms with Crippen LogP contribution in [0.5, 0.6) is 0 Å². The van der Waals surface area contributed by atoms with E-state index in [1.54, 1.807) is 65.2 Å². The van der Waals surface area contributed by atoms with Gasteiger partial charge < -0.3 is 5.32 Å². The van der Waals surface area contributed by atoms with Crippen molar-refractivity contribution in [2.24, 2.45) is 0 Å². The van der Waals surface area contributed by atoms with Gasteiger partial charge in [-0.05, 0) is 41.8 Å². The molecule has 0 radical (unpaired) electrons. The van der Waals surface area contributed by atoms with E-state index in [0.29, 0.717) is 28.2 Å². The van der Waals surface area contributed by atoms with Crippen LogP contribution in [0.1, 0.15) is 31.2 Å². The molecule has 0 atom stereocenters. The Bertz CT molecular complexity index is 1260. The van der Waals surface area contributed by atoms with Crippen molar-refractivity contribution in [1.82, 2.24) is 4.98 Å². The number of hydrogen-bond acceptors (Lipinski definition) is 6. The Morgan fingerprint density at radius 1 is 0.900 bits per heavy atom. The van der Waals surface area contributed by atoms with Gasteiger partial charge in [0.05, 0.1) is 21.7 Å². The summed E-state index contributed by atoms with van der Waals surface area (Å²) in [7, 11) is 0. The topological polar surface area (TPSA) is 79.4 Å². The maximum absolute atomic E-state index is 12.7. The van der Waals surface area contributed by atoms with Crippen LogP contribution < -0.4 is 10.2 Å². The number of anilines is 2. The molecule has 2 aromatic heterocycles. The number of amides is 3. The summed E-state index contributed by atoms with van der Waals surface area (Å²) in [4.78, 5) is 44.5. The highest BCUT2D eigenvalue weighted by Crippen LogP contribution is 2.31. The number of hydrogen-bond donors (Lipinski definition) is 1. The fourth-order valence-electron chi connectivity index (χ4n) is 3.23. The summed E-state index contributed by atoms with van der Waals surface area (Å²) in [6.07, 6.45) is 0. The largest absolute Gasteiger partial charge is 0.321 e. The molecule has 6 nitrogen and oxygen atoms in total. The number of benzene rings is 2. The Morgan fingerprint density at radius 2 is 1.67 bits per heavy atom. The van der Waals surface area contributed by atoms with Crippen molar-refractivity contribution in [3.05, 3.63) is 88.2 Å². The summed E-state index contributed by atoms with van der Waals surface area (Å²) in [5, 5.41) is 7.24. The number of aromatic nitrogens is 1. The van der Waals surface area contributed by atoms with E-state index in [4.69, 9.17) is 0 Å². The average molecular weight is 431 g/mol. The van der Waals surface area contributed by atoms with E-state index in [-0.39, 0.29) is 17.7 Å². The van der Waals surface area contributed by atoms with Crippen molar-refractivity contribution < 1.29 is 14.4 Å². The van der Waals surface area contributed by atoms with Crippen molar-refractivity contribution in [1.29, 1.82) is 0 Å². The quantitative estimate of drug-likeness (QED) is 0.465. The first-order valence-electron chi connectivity index (χ1n) is 9.00. The summed E-state index contributed by atoms with van der Waals surface area (Å²) < 4.78 is 0. The first-order chi connectivity index (χ1) is 14.6. The van der Waals surface area contributed by atoms with Crippen molar-refractivity contribution in [3.63, 3.8) is 0 Å². The molecular weight excluding hydrogens is 418 g/mol. The molecule has 0 spiro atoms. The molecular formula is C22H13N3O3S2. The Balaban J connectivity index is 1.38. The van der Waals surface area contributed by atoms with Gasteiger partial charge in [-0.3, -0.25) is 14.4 Å². The lowest BCUT2D eigenvalue weighted by Gasteiger charge is -2.15. The lowest BCUT2D eigenvalue weighted by Crippen LogP contribution is -2.29. The second-order valence-electron chi connectivity index (χ2n) is 6.51. The highest BCUT2D eigenvalue weighted by atomic mass is 32.1. The summed E-state index contributed by atoms with van der Waals surface area (Å²) in [6, 6.07) is 17.3. The van der Waals surface area contributed by atoms with Crippen LogP contribution >= 0.6 is 22.7 Å². The predicted molar refractivity (Wildman–Crippen MR) is 117 cm³/mol. The molecule has 0 saturated heterocycles. The first-order valence-corrected chi connectivity index (χ1v) is 10.8. The fourth-order valence-corrected chi connectivity index (χ4v) is 4.85. The Kier molecular flexibility index (Phi) is 4.50. The van der Waals surface area contributed by atoms with Gasteiger partial charge in [-0.25, -0.2) is 9.88 Å². The summed E-state index contributed by atoms with van der Waals surface area (Å²) >= 11 is 2.97. The lowest BCUT2D eigenvalue weighted by atomic mass is 10.1. The molecule has 0 saturated carbocycles. The summed E-state index contributed by atoms with van der Waals surface area (Å²) in [5.41, 5.74) is 1.94. The zero-order chi connectivity index (χ0) is 20.7. The van der Waals surface area contributed by atoms with E-state index in [2.05, 4.69) is 10.3 Å². The van der Waals surface area contributed by atoms with E-state index in [0.717, 1.165) is 14.8 Å². The van der Waals surface area contributed by atoms with Gasteiger partial charge in [-0.1, -0.05) is 24.3 Å². The van der Waals surface area contributed by atoms with Gasteiger partial charge in [-0.2, -0.15) is 0 Å². The van der Waals surface area contributed by atoms with Crippen molar-refractivity contribution >= 4 is 51.8 Å². The van der Waals surface area contributed by atoms with Crippen LogP contribution in [0, 0.1) is 0 Å². The normalized spacial score (nSPS) is 12.9. The summed E-state index contributed by atoms with van der Waals surface area (Å²) in [5.74, 6) is -1.10. The highest BCUT2D eigenvalue weighted by molar-refractivity contribution is 7.20. The molecule has 1 N–H and O–H groups in total. The zero-order valence-electron chi connectivity index (χ0n) is 15.4. The van der Waals surface area contributed by atoms with Gasteiger partial charge in [0.1, 0.15) is 10.7 Å². The van der Waals surface area contributed by atoms with E-state index in [9.17, 15) is 14.4 Å². The number of nitrogens with one attached hydrogen (secondary N) is 1. The van der Waals surface area contributed by atoms with Crippen LogP contribution in [0.15, 0.2) is 71.4 Å². The monoisotopic (exact) mass is 431 g/mol. The SMILES string of the molecule is O=C(Nc1cccc(N2C(=O)c3ccccc3C2=O)c1)c1csc(-c2cccs2)n1. The Morgan fingerprint density at radius 3 is 2.37 bits per heavy atom. The molecule has 3 heterocycles. The highest BCUT2D eigenvalue weighted by Gasteiger charge is 2.36. The van der Waals surface area contributed by atoms with Gasteiger partial charge in [0.25, 0.3) is 17.7 Å². The van der Waals surface area contributed by atoms with E-state index < -0.39 is 0 Å². The van der Waals surface area contributed by atoms with Gasteiger partial charge in [0.2, 0.25) is 0 Å². The minimum absolute atomic E-state index is 0.314. The smallest absolute Gasteiger partial charge is 0.275 e. The number of carbonyl (C=O) groups excluding carboxylic acids is 3. The maximum atomic E-state index is 12.7. The molecule has 5 rings (SSSR count). The number of rotatable bonds is 4. The molecule has 1 aliphatic rings. The number of fused-ring (bicyclic) bond motifs is 1. The van der Waals surface area contributed by atoms with Gasteiger partial charge in [-0.15, -0.1) is 22.7 Å². The third-order valence-electron chi connectivity index (χ3n) is 4.63. The molecule has 8 heteroatoms. The van der Waals surface area contributed by atoms with Gasteiger partial charge in [0.15, 0.2) is 0 Å². The van der Waals surface area contributed by atoms with Crippen LogP contribution in [0.4, 0.5) is 11.4 Å². The van der Waals surface area contributed by atoms with Crippen LogP contribution in [0.25, 0.3) is 9.88 Å². The number of nitrogens with zero attached hydrogens (tertiary/aromatic N) is 2. The zero-order valence-corrected chi connectivity index (χ0v) is 17.0. The fraction of sp³-hybridized carbons (Fsp3) is 0. The molecule has 0 aliphatic carbocycles. The average Bonchev–Trinajstić information content (AvgIpc) is 3.49. The van der Waals surface area contributed by atoms with Crippen LogP contribution in [0.3, 0.4) is 0 Å². The van der Waals surface area contributed by atoms with Crippen molar-refractivity contribution in [2.45, 2.75) is 0 Å². The molecule has 2 aromatic carbocycles. The van der Waals surface area contributed by atoms with E-state index in [1.807, 2.05) is 17.5 Å².